The van der Waals surface area contributed by atoms with E-state index in [1.807, 2.05) is 6.07 Å². The molecule has 0 fully saturated rings. The van der Waals surface area contributed by atoms with Gasteiger partial charge in [0.1, 0.15) is 11.3 Å². The molecule has 0 saturated carbocycles. The molecule has 0 heterocycles. The van der Waals surface area contributed by atoms with Gasteiger partial charge in [0.05, 0.1) is 0 Å². The first-order chi connectivity index (χ1) is 8.01. The van der Waals surface area contributed by atoms with E-state index in [0.29, 0.717) is 0 Å². The van der Waals surface area contributed by atoms with Gasteiger partial charge in [0.2, 0.25) is 0 Å². The smallest absolute Gasteiger partial charge is 0.328 e. The lowest BCUT2D eigenvalue weighted by atomic mass is 9.87. The average molecular weight is 231 g/mol. The molecular formula is C13H13NO3. The maximum Gasteiger partial charge on any atom is 0.328 e. The van der Waals surface area contributed by atoms with Crippen LogP contribution >= 0.6 is 0 Å². The molecule has 0 amide bonds. The maximum absolute atomic E-state index is 10.9. The number of allylic oxidation sites excluding steroid dienone is 2. The van der Waals surface area contributed by atoms with Crippen LogP contribution in [-0.2, 0) is 4.79 Å². The van der Waals surface area contributed by atoms with E-state index in [2.05, 4.69) is 0 Å². The number of hydrogen-bond acceptors (Lipinski definition) is 3. The molecule has 2 rings (SSSR count). The molecule has 0 aliphatic heterocycles. The van der Waals surface area contributed by atoms with E-state index in [9.17, 15) is 9.90 Å². The fourth-order valence-electron chi connectivity index (χ4n) is 1.71. The number of carboxylic acid groups (broad SMARTS) is 1. The third-order valence-corrected chi connectivity index (χ3v) is 2.80. The number of carbonyl (C=O) groups is 1. The van der Waals surface area contributed by atoms with Gasteiger partial charge in [-0.05, 0) is 29.7 Å². The molecule has 1 unspecified atom stereocenters. The van der Waals surface area contributed by atoms with E-state index in [4.69, 9.17) is 10.8 Å². The number of aliphatic carboxylic acids is 1. The molecule has 0 spiro atoms. The monoisotopic (exact) mass is 231 g/mol. The average Bonchev–Trinajstić information content (AvgIpc) is 2.30. The van der Waals surface area contributed by atoms with E-state index in [0.717, 1.165) is 11.1 Å². The van der Waals surface area contributed by atoms with Gasteiger partial charge in [-0.3, -0.25) is 0 Å². The molecule has 88 valence electrons. The molecule has 17 heavy (non-hydrogen) atoms. The van der Waals surface area contributed by atoms with Gasteiger partial charge in [-0.1, -0.05) is 30.4 Å². The Balaban J connectivity index is 2.26. The molecule has 1 aromatic carbocycles. The van der Waals surface area contributed by atoms with E-state index in [1.54, 1.807) is 30.4 Å². The molecule has 1 aromatic rings. The molecule has 4 heteroatoms. The topological polar surface area (TPSA) is 83.6 Å². The van der Waals surface area contributed by atoms with Crippen LogP contribution in [0.25, 0.3) is 5.57 Å². The molecule has 0 saturated heterocycles. The summed E-state index contributed by atoms with van der Waals surface area (Å²) in [5.41, 5.74) is 6.08. The zero-order valence-corrected chi connectivity index (χ0v) is 9.13. The highest BCUT2D eigenvalue weighted by Gasteiger charge is 2.31. The predicted octanol–water partition coefficient (Wildman–Crippen LogP) is 1.52. The Hall–Kier alpha value is -2.07. The minimum Gasteiger partial charge on any atom is -0.508 e. The minimum atomic E-state index is -1.32. The molecule has 1 atom stereocenters. The quantitative estimate of drug-likeness (QED) is 0.720. The van der Waals surface area contributed by atoms with Gasteiger partial charge in [-0.25, -0.2) is 4.79 Å². The molecular weight excluding hydrogens is 218 g/mol. The standard InChI is InChI=1S/C13H13NO3/c14-13(12(16)17)6-4-9(5-7-13)10-2-1-3-11(15)8-10/h1-6,8,15H,7,14H2,(H,16,17). The number of carboxylic acids is 1. The van der Waals surface area contributed by atoms with Crippen molar-refractivity contribution in [1.82, 2.24) is 0 Å². The summed E-state index contributed by atoms with van der Waals surface area (Å²) >= 11 is 0. The number of phenols is 1. The number of nitrogens with two attached hydrogens (primary N) is 1. The lowest BCUT2D eigenvalue weighted by Gasteiger charge is -2.23. The first kappa shape index (κ1) is 11.4. The molecule has 4 nitrogen and oxygen atoms in total. The Morgan fingerprint density at radius 1 is 1.41 bits per heavy atom. The molecule has 1 aliphatic rings. The largest absolute Gasteiger partial charge is 0.508 e. The SMILES string of the molecule is NC1(C(=O)O)C=CC(c2cccc(O)c2)=CC1. The Morgan fingerprint density at radius 2 is 2.18 bits per heavy atom. The molecule has 0 aromatic heterocycles. The van der Waals surface area contributed by atoms with Crippen molar-refractivity contribution in [3.05, 3.63) is 48.1 Å². The van der Waals surface area contributed by atoms with Crippen LogP contribution in [-0.4, -0.2) is 21.7 Å². The second-order valence-electron chi connectivity index (χ2n) is 4.09. The summed E-state index contributed by atoms with van der Waals surface area (Å²) in [5.74, 6) is -0.862. The fourth-order valence-corrected chi connectivity index (χ4v) is 1.71. The number of hydrogen-bond donors (Lipinski definition) is 3. The predicted molar refractivity (Wildman–Crippen MR) is 64.4 cm³/mol. The Kier molecular flexibility index (Phi) is 2.73. The van der Waals surface area contributed by atoms with Crippen molar-refractivity contribution in [3.8, 4) is 5.75 Å². The summed E-state index contributed by atoms with van der Waals surface area (Å²) in [7, 11) is 0. The van der Waals surface area contributed by atoms with Crippen molar-refractivity contribution < 1.29 is 15.0 Å². The van der Waals surface area contributed by atoms with Crippen LogP contribution in [0.5, 0.6) is 5.75 Å². The van der Waals surface area contributed by atoms with E-state index < -0.39 is 11.5 Å². The highest BCUT2D eigenvalue weighted by molar-refractivity contribution is 5.86. The number of aromatic hydroxyl groups is 1. The van der Waals surface area contributed by atoms with Gasteiger partial charge in [0, 0.05) is 0 Å². The summed E-state index contributed by atoms with van der Waals surface area (Å²) in [6.45, 7) is 0. The van der Waals surface area contributed by atoms with Crippen LogP contribution in [0, 0.1) is 0 Å². The van der Waals surface area contributed by atoms with E-state index in [1.165, 1.54) is 6.08 Å². The highest BCUT2D eigenvalue weighted by Crippen LogP contribution is 2.27. The summed E-state index contributed by atoms with van der Waals surface area (Å²) in [5, 5.41) is 18.3. The van der Waals surface area contributed by atoms with Gasteiger partial charge >= 0.3 is 5.97 Å². The maximum atomic E-state index is 10.9. The Morgan fingerprint density at radius 3 is 2.71 bits per heavy atom. The molecule has 0 bridgehead atoms. The van der Waals surface area contributed by atoms with Gasteiger partial charge < -0.3 is 15.9 Å². The summed E-state index contributed by atoms with van der Waals surface area (Å²) in [6.07, 6.45) is 5.16. The van der Waals surface area contributed by atoms with Crippen LogP contribution in [0.4, 0.5) is 0 Å². The summed E-state index contributed by atoms with van der Waals surface area (Å²) in [4.78, 5) is 10.9. The minimum absolute atomic E-state index is 0.180. The zero-order chi connectivity index (χ0) is 12.5. The van der Waals surface area contributed by atoms with Crippen molar-refractivity contribution in [1.29, 1.82) is 0 Å². The van der Waals surface area contributed by atoms with Gasteiger partial charge in [0.25, 0.3) is 0 Å². The van der Waals surface area contributed by atoms with Crippen LogP contribution in [0.1, 0.15) is 12.0 Å². The van der Waals surface area contributed by atoms with Crippen molar-refractivity contribution in [2.45, 2.75) is 12.0 Å². The van der Waals surface area contributed by atoms with Crippen LogP contribution in [0.2, 0.25) is 0 Å². The van der Waals surface area contributed by atoms with Crippen LogP contribution in [0.3, 0.4) is 0 Å². The third kappa shape index (κ3) is 2.21. The second kappa shape index (κ2) is 4.07. The zero-order valence-electron chi connectivity index (χ0n) is 9.13. The molecule has 0 radical (unpaired) electrons. The normalized spacial score (nSPS) is 23.2. The van der Waals surface area contributed by atoms with E-state index >= 15 is 0 Å². The lowest BCUT2D eigenvalue weighted by Crippen LogP contribution is -2.46. The Labute approximate surface area is 98.7 Å². The van der Waals surface area contributed by atoms with Gasteiger partial charge in [0.15, 0.2) is 0 Å². The number of benzene rings is 1. The Bertz CT molecular complexity index is 519. The summed E-state index contributed by atoms with van der Waals surface area (Å²) in [6, 6.07) is 6.79. The molecule has 1 aliphatic carbocycles. The first-order valence-corrected chi connectivity index (χ1v) is 5.22. The highest BCUT2D eigenvalue weighted by atomic mass is 16.4. The number of rotatable bonds is 2. The van der Waals surface area contributed by atoms with Crippen LogP contribution < -0.4 is 5.73 Å². The fraction of sp³-hybridized carbons (Fsp3) is 0.154. The van der Waals surface area contributed by atoms with Gasteiger partial charge in [-0.15, -0.1) is 0 Å². The van der Waals surface area contributed by atoms with Gasteiger partial charge in [-0.2, -0.15) is 0 Å². The first-order valence-electron chi connectivity index (χ1n) is 5.22. The third-order valence-electron chi connectivity index (χ3n) is 2.80. The van der Waals surface area contributed by atoms with Crippen LogP contribution in [0.15, 0.2) is 42.5 Å². The van der Waals surface area contributed by atoms with E-state index in [-0.39, 0.29) is 12.2 Å². The van der Waals surface area contributed by atoms with Crippen molar-refractivity contribution in [3.63, 3.8) is 0 Å². The van der Waals surface area contributed by atoms with Crippen molar-refractivity contribution in [2.24, 2.45) is 5.73 Å². The van der Waals surface area contributed by atoms with Crippen molar-refractivity contribution in [2.75, 3.05) is 0 Å². The number of phenolic OH excluding ortho intramolecular Hbond substituents is 1. The molecule has 4 N–H and O–H groups in total. The second-order valence-corrected chi connectivity index (χ2v) is 4.09. The lowest BCUT2D eigenvalue weighted by molar-refractivity contribution is -0.141. The summed E-state index contributed by atoms with van der Waals surface area (Å²) < 4.78 is 0. The van der Waals surface area contributed by atoms with Crippen molar-refractivity contribution >= 4 is 11.5 Å².